The number of ether oxygens (including phenoxy) is 1. The number of thiazole rings is 1. The lowest BCUT2D eigenvalue weighted by Crippen LogP contribution is -2.56. The number of nitrogens with one attached hydrogen (secondary N) is 2. The van der Waals surface area contributed by atoms with Gasteiger partial charge in [0.05, 0.1) is 18.0 Å². The van der Waals surface area contributed by atoms with Crippen LogP contribution in [0.3, 0.4) is 0 Å². The van der Waals surface area contributed by atoms with Crippen molar-refractivity contribution < 1.29 is 19.1 Å². The highest BCUT2D eigenvalue weighted by Crippen LogP contribution is 2.47. The second-order valence-corrected chi connectivity index (χ2v) is 20.9. The average molecular weight is 901 g/mol. The number of carbonyl (C=O) groups is 3. The van der Waals surface area contributed by atoms with Crippen LogP contribution in [0.15, 0.2) is 35.8 Å². The molecule has 342 valence electrons. The summed E-state index contributed by atoms with van der Waals surface area (Å²) in [6.07, 6.45) is 9.96. The minimum Gasteiger partial charge on any atom is -0.467 e. The number of hydrogen-bond acceptors (Lipinski definition) is 9. The van der Waals surface area contributed by atoms with E-state index < -0.39 is 11.4 Å². The summed E-state index contributed by atoms with van der Waals surface area (Å²) in [5, 5.41) is 7.49. The highest BCUT2D eigenvalue weighted by Gasteiger charge is 2.50. The predicted molar refractivity (Wildman–Crippen MR) is 255 cm³/mol. The largest absolute Gasteiger partial charge is 0.467 e. The molecule has 6 atom stereocenters. The Bertz CT molecular complexity index is 2260. The van der Waals surface area contributed by atoms with Crippen molar-refractivity contribution in [1.82, 2.24) is 35.2 Å². The number of halogens is 1. The van der Waals surface area contributed by atoms with E-state index in [0.29, 0.717) is 37.0 Å². The van der Waals surface area contributed by atoms with Crippen LogP contribution >= 0.6 is 22.9 Å². The second-order valence-electron chi connectivity index (χ2n) is 19.5. The molecule has 1 aliphatic carbocycles. The summed E-state index contributed by atoms with van der Waals surface area (Å²) in [5.41, 5.74) is 11.5. The van der Waals surface area contributed by atoms with Gasteiger partial charge in [0.1, 0.15) is 16.4 Å². The molecule has 7 rings (SSSR count). The van der Waals surface area contributed by atoms with E-state index in [1.54, 1.807) is 5.01 Å². The molecule has 5 heterocycles. The zero-order chi connectivity index (χ0) is 45.2. The number of hydrazine groups is 1. The Kier molecular flexibility index (Phi) is 14.8. The second kappa shape index (κ2) is 19.7. The maximum absolute atomic E-state index is 14.0. The van der Waals surface area contributed by atoms with E-state index in [1.165, 1.54) is 34.4 Å². The first-order valence-electron chi connectivity index (χ1n) is 23.6. The smallest absolute Gasteiger partial charge is 0.293 e. The SMILES string of the molecule is CCCN1CC[C@@](C)(c2cnc(CC)c(-c3c(CC(C)(C)COC=O)c4cc(-c5csc(C(Cl)C(NC(=O)C6C(C)C6C)C(=O)N6CCCCN6)n5)ccc4n3CC)c2)CC1CC. The molecule has 63 heavy (non-hydrogen) atoms. The Balaban J connectivity index is 1.29. The van der Waals surface area contributed by atoms with Crippen molar-refractivity contribution >= 4 is 52.1 Å². The Labute approximate surface area is 384 Å². The van der Waals surface area contributed by atoms with Gasteiger partial charge in [0.15, 0.2) is 0 Å². The van der Waals surface area contributed by atoms with Gasteiger partial charge in [-0.2, -0.15) is 0 Å². The zero-order valence-electron chi connectivity index (χ0n) is 39.1. The number of aromatic nitrogens is 3. The summed E-state index contributed by atoms with van der Waals surface area (Å²) in [7, 11) is 0. The summed E-state index contributed by atoms with van der Waals surface area (Å²) in [6.45, 7) is 24.9. The molecule has 0 radical (unpaired) electrons. The molecule has 4 aromatic rings. The lowest BCUT2D eigenvalue weighted by molar-refractivity contribution is -0.140. The summed E-state index contributed by atoms with van der Waals surface area (Å²) < 4.78 is 7.86. The fourth-order valence-electron chi connectivity index (χ4n) is 10.5. The normalized spacial score (nSPS) is 24.0. The molecule has 2 aliphatic heterocycles. The van der Waals surface area contributed by atoms with Gasteiger partial charge in [0, 0.05) is 76.3 Å². The molecule has 1 aromatic carbocycles. The third-order valence-electron chi connectivity index (χ3n) is 14.5. The maximum Gasteiger partial charge on any atom is 0.293 e. The van der Waals surface area contributed by atoms with Crippen LogP contribution in [0, 0.1) is 23.2 Å². The van der Waals surface area contributed by atoms with Crippen molar-refractivity contribution in [1.29, 1.82) is 0 Å². The van der Waals surface area contributed by atoms with Crippen LogP contribution in [-0.2, 0) is 43.9 Å². The third kappa shape index (κ3) is 9.75. The van der Waals surface area contributed by atoms with Crippen LogP contribution in [0.5, 0.6) is 0 Å². The van der Waals surface area contributed by atoms with Gasteiger partial charge < -0.3 is 19.5 Å². The molecular formula is C50H70ClN7O4S. The summed E-state index contributed by atoms with van der Waals surface area (Å²) in [4.78, 5) is 52.0. The Morgan fingerprint density at radius 2 is 1.90 bits per heavy atom. The van der Waals surface area contributed by atoms with Crippen LogP contribution < -0.4 is 10.7 Å². The minimum atomic E-state index is -0.967. The number of pyridine rings is 1. The Hall–Kier alpha value is -3.84. The predicted octanol–water partition coefficient (Wildman–Crippen LogP) is 9.49. The van der Waals surface area contributed by atoms with Crippen LogP contribution in [0.1, 0.15) is 128 Å². The van der Waals surface area contributed by atoms with Crippen LogP contribution in [0.25, 0.3) is 33.4 Å². The lowest BCUT2D eigenvalue weighted by Gasteiger charge is -2.45. The van der Waals surface area contributed by atoms with Gasteiger partial charge in [-0.05, 0) is 118 Å². The number of likely N-dealkylation sites (tertiary alicyclic amines) is 1. The van der Waals surface area contributed by atoms with E-state index >= 15 is 0 Å². The molecule has 1 saturated carbocycles. The number of fused-ring (bicyclic) bond motifs is 1. The van der Waals surface area contributed by atoms with Crippen LogP contribution in [0.4, 0.5) is 0 Å². The highest BCUT2D eigenvalue weighted by atomic mass is 35.5. The van der Waals surface area contributed by atoms with E-state index in [9.17, 15) is 14.4 Å². The highest BCUT2D eigenvalue weighted by molar-refractivity contribution is 7.10. The minimum absolute atomic E-state index is 0.000473. The van der Waals surface area contributed by atoms with Gasteiger partial charge in [-0.15, -0.1) is 22.9 Å². The number of nitrogens with zero attached hydrogens (tertiary/aromatic N) is 5. The van der Waals surface area contributed by atoms with E-state index in [-0.39, 0.29) is 47.0 Å². The topological polar surface area (TPSA) is 122 Å². The van der Waals surface area contributed by atoms with E-state index in [0.717, 1.165) is 91.7 Å². The number of aryl methyl sites for hydroxylation is 2. The number of rotatable bonds is 18. The molecule has 2 N–H and O–H groups in total. The van der Waals surface area contributed by atoms with Gasteiger partial charge in [-0.3, -0.25) is 24.4 Å². The number of carbonyl (C=O) groups excluding carboxylic acids is 3. The van der Waals surface area contributed by atoms with Crippen molar-refractivity contribution in [3.8, 4) is 22.5 Å². The number of hydrogen-bond donors (Lipinski definition) is 2. The van der Waals surface area contributed by atoms with E-state index in [2.05, 4.69) is 113 Å². The number of benzene rings is 1. The molecule has 5 unspecified atom stereocenters. The van der Waals surface area contributed by atoms with Gasteiger partial charge in [0.25, 0.3) is 12.4 Å². The molecular weight excluding hydrogens is 830 g/mol. The Morgan fingerprint density at radius 1 is 1.13 bits per heavy atom. The summed E-state index contributed by atoms with van der Waals surface area (Å²) in [6, 6.07) is 8.57. The molecule has 3 aliphatic rings. The first-order valence-corrected chi connectivity index (χ1v) is 24.9. The monoisotopic (exact) mass is 899 g/mol. The van der Waals surface area contributed by atoms with Gasteiger partial charge >= 0.3 is 0 Å². The van der Waals surface area contributed by atoms with Gasteiger partial charge in [-0.25, -0.2) is 10.4 Å². The average Bonchev–Trinajstić information content (AvgIpc) is 3.56. The van der Waals surface area contributed by atoms with Crippen LogP contribution in [0.2, 0.25) is 0 Å². The fraction of sp³-hybridized carbons (Fsp3) is 0.620. The molecule has 3 aromatic heterocycles. The first-order chi connectivity index (χ1) is 30.2. The first kappa shape index (κ1) is 47.1. The number of piperidine rings is 1. The molecule has 3 fully saturated rings. The standard InChI is InChI=1S/C50H70ClN7O4S/c1-10-20-56-22-18-50(9,25-35(56)11-2)34-24-37(39(12-3)52-27-34)45-38(26-49(7,8)29-62-30-59)36-23-33(16-17-41(36)57(45)13-4)40-28-63-47(54-40)43(51)44(48(61)58-21-15-14-19-53-58)55-46(60)42-31(5)32(42)6/h16-17,23-24,27-28,30-32,35,42-44,53H,10-15,18-22,25-26,29H2,1-9H3,(H,55,60)/t31?,32?,35?,42?,43?,44?,50-/m1/s1. The number of amides is 2. The molecule has 2 amide bonds. The van der Waals surface area contributed by atoms with Crippen molar-refractivity contribution in [2.75, 3.05) is 32.8 Å². The van der Waals surface area contributed by atoms with Crippen molar-refractivity contribution in [2.45, 2.75) is 143 Å². The van der Waals surface area contributed by atoms with Crippen molar-refractivity contribution in [2.24, 2.45) is 23.2 Å². The van der Waals surface area contributed by atoms with E-state index in [4.69, 9.17) is 26.3 Å². The summed E-state index contributed by atoms with van der Waals surface area (Å²) >= 11 is 8.64. The lowest BCUT2D eigenvalue weighted by atomic mass is 9.71. The summed E-state index contributed by atoms with van der Waals surface area (Å²) in [5.74, 6) is 0.0203. The van der Waals surface area contributed by atoms with Crippen molar-refractivity contribution in [3.05, 3.63) is 57.7 Å². The van der Waals surface area contributed by atoms with E-state index in [1.807, 2.05) is 5.38 Å². The zero-order valence-corrected chi connectivity index (χ0v) is 40.6. The molecule has 0 bridgehead atoms. The van der Waals surface area contributed by atoms with Gasteiger partial charge in [-0.1, -0.05) is 61.5 Å². The Morgan fingerprint density at radius 3 is 2.56 bits per heavy atom. The van der Waals surface area contributed by atoms with Crippen molar-refractivity contribution in [3.63, 3.8) is 0 Å². The molecule has 13 heteroatoms. The number of alkyl halides is 1. The van der Waals surface area contributed by atoms with Crippen LogP contribution in [-0.4, -0.2) is 87.6 Å². The quantitative estimate of drug-likeness (QED) is 0.0749. The maximum atomic E-state index is 14.0. The van der Waals surface area contributed by atoms with Gasteiger partial charge in [0.2, 0.25) is 5.91 Å². The third-order valence-corrected chi connectivity index (χ3v) is 16.0. The molecule has 11 nitrogen and oxygen atoms in total. The molecule has 0 spiro atoms. The molecule has 2 saturated heterocycles. The fourth-order valence-corrected chi connectivity index (χ4v) is 11.7.